The van der Waals surface area contributed by atoms with Crippen molar-refractivity contribution in [3.63, 3.8) is 0 Å². The van der Waals surface area contributed by atoms with Gasteiger partial charge < -0.3 is 9.84 Å². The Kier molecular flexibility index (Phi) is 5.95. The molecule has 0 aliphatic rings. The third-order valence-electron chi connectivity index (χ3n) is 2.98. The van der Waals surface area contributed by atoms with Crippen molar-refractivity contribution in [2.45, 2.75) is 12.8 Å². The second-order valence-corrected chi connectivity index (χ2v) is 4.81. The Morgan fingerprint density at radius 3 is 2.08 bits per heavy atom. The van der Waals surface area contributed by atoms with E-state index in [1.165, 1.54) is 24.3 Å². The van der Waals surface area contributed by atoms with E-state index in [4.69, 9.17) is 9.84 Å². The van der Waals surface area contributed by atoms with Crippen molar-refractivity contribution in [2.24, 2.45) is 10.2 Å². The zero-order chi connectivity index (χ0) is 17.4. The highest BCUT2D eigenvalue weighted by Crippen LogP contribution is 2.23. The van der Waals surface area contributed by atoms with Gasteiger partial charge >= 0.3 is 5.97 Å². The van der Waals surface area contributed by atoms with Crippen LogP contribution in [0.1, 0.15) is 12.8 Å². The standard InChI is InChI=1S/C16H15N3O5/c20-16(21)2-1-11-24-15-9-5-13(6-10-15)18-17-12-3-7-14(8-4-12)19(22)23/h3-10H,1-2,11H2,(H,20,21). The first-order valence-corrected chi connectivity index (χ1v) is 7.15. The Morgan fingerprint density at radius 2 is 1.58 bits per heavy atom. The molecule has 2 aromatic carbocycles. The van der Waals surface area contributed by atoms with Gasteiger partial charge in [-0.3, -0.25) is 14.9 Å². The highest BCUT2D eigenvalue weighted by atomic mass is 16.6. The Balaban J connectivity index is 1.88. The second kappa shape index (κ2) is 8.37. The number of carboxylic acids is 1. The number of nitrogens with zero attached hydrogens (tertiary/aromatic N) is 3. The van der Waals surface area contributed by atoms with Gasteiger partial charge in [0.25, 0.3) is 5.69 Å². The molecule has 24 heavy (non-hydrogen) atoms. The van der Waals surface area contributed by atoms with Gasteiger partial charge in [-0.2, -0.15) is 10.2 Å². The summed E-state index contributed by atoms with van der Waals surface area (Å²) in [6.07, 6.45) is 0.512. The fourth-order valence-electron chi connectivity index (χ4n) is 1.78. The molecule has 0 bridgehead atoms. The third kappa shape index (κ3) is 5.48. The zero-order valence-corrected chi connectivity index (χ0v) is 12.7. The lowest BCUT2D eigenvalue weighted by molar-refractivity contribution is -0.384. The van der Waals surface area contributed by atoms with Crippen molar-refractivity contribution in [3.05, 3.63) is 58.6 Å². The number of aliphatic carboxylic acids is 1. The van der Waals surface area contributed by atoms with Crippen molar-refractivity contribution in [2.75, 3.05) is 6.61 Å². The maximum atomic E-state index is 10.6. The summed E-state index contributed by atoms with van der Waals surface area (Å²) >= 11 is 0. The van der Waals surface area contributed by atoms with E-state index >= 15 is 0 Å². The largest absolute Gasteiger partial charge is 0.494 e. The van der Waals surface area contributed by atoms with Gasteiger partial charge in [-0.1, -0.05) is 0 Å². The number of non-ortho nitro benzene ring substituents is 1. The summed E-state index contributed by atoms with van der Waals surface area (Å²) < 4.78 is 5.41. The molecule has 0 saturated heterocycles. The van der Waals surface area contributed by atoms with Crippen molar-refractivity contribution in [3.8, 4) is 5.75 Å². The number of hydrogen-bond acceptors (Lipinski definition) is 6. The minimum atomic E-state index is -0.847. The fraction of sp³-hybridized carbons (Fsp3) is 0.188. The van der Waals surface area contributed by atoms with Crippen molar-refractivity contribution >= 4 is 23.0 Å². The van der Waals surface area contributed by atoms with E-state index < -0.39 is 10.9 Å². The molecule has 0 amide bonds. The molecule has 8 nitrogen and oxygen atoms in total. The lowest BCUT2D eigenvalue weighted by Gasteiger charge is -2.04. The van der Waals surface area contributed by atoms with Crippen LogP contribution in [0.3, 0.4) is 0 Å². The Labute approximate surface area is 137 Å². The zero-order valence-electron chi connectivity index (χ0n) is 12.7. The molecule has 0 saturated carbocycles. The minimum absolute atomic E-state index is 0.00153. The number of hydrogen-bond donors (Lipinski definition) is 1. The summed E-state index contributed by atoms with van der Waals surface area (Å²) in [5.41, 5.74) is 1.11. The molecule has 0 unspecified atom stereocenters. The number of benzene rings is 2. The lowest BCUT2D eigenvalue weighted by atomic mass is 10.3. The molecule has 2 rings (SSSR count). The SMILES string of the molecule is O=C(O)CCCOc1ccc(N=Nc2ccc([N+](=O)[O-])cc2)cc1. The highest BCUT2D eigenvalue weighted by Gasteiger charge is 2.03. The van der Waals surface area contributed by atoms with E-state index in [1.54, 1.807) is 24.3 Å². The summed E-state index contributed by atoms with van der Waals surface area (Å²) in [6.45, 7) is 0.329. The number of nitro groups is 1. The van der Waals surface area contributed by atoms with Crippen molar-refractivity contribution < 1.29 is 19.6 Å². The van der Waals surface area contributed by atoms with Gasteiger partial charge in [0.05, 0.1) is 22.9 Å². The molecule has 1 N–H and O–H groups in total. The topological polar surface area (TPSA) is 114 Å². The molecule has 8 heteroatoms. The molecular weight excluding hydrogens is 314 g/mol. The van der Waals surface area contributed by atoms with Gasteiger partial charge in [-0.15, -0.1) is 0 Å². The molecule has 0 spiro atoms. The first-order chi connectivity index (χ1) is 11.5. The maximum absolute atomic E-state index is 10.6. The molecule has 0 aliphatic heterocycles. The number of carbonyl (C=O) groups is 1. The Bertz CT molecular complexity index is 726. The maximum Gasteiger partial charge on any atom is 0.303 e. The van der Waals surface area contributed by atoms with Gasteiger partial charge in [0, 0.05) is 18.6 Å². The molecular formula is C16H15N3O5. The van der Waals surface area contributed by atoms with Crippen LogP contribution in [0.5, 0.6) is 5.75 Å². The fourth-order valence-corrected chi connectivity index (χ4v) is 1.78. The summed E-state index contributed by atoms with van der Waals surface area (Å²) in [7, 11) is 0. The smallest absolute Gasteiger partial charge is 0.303 e. The molecule has 0 atom stereocenters. The van der Waals surface area contributed by atoms with E-state index in [0.717, 1.165) is 0 Å². The van der Waals surface area contributed by atoms with Crippen LogP contribution >= 0.6 is 0 Å². The van der Waals surface area contributed by atoms with Crippen LogP contribution in [-0.2, 0) is 4.79 Å². The molecule has 124 valence electrons. The molecule has 0 aromatic heterocycles. The summed E-state index contributed by atoms with van der Waals surface area (Å²) in [5, 5.41) is 27.1. The van der Waals surface area contributed by atoms with Crippen LogP contribution in [0.2, 0.25) is 0 Å². The second-order valence-electron chi connectivity index (χ2n) is 4.81. The minimum Gasteiger partial charge on any atom is -0.494 e. The number of rotatable bonds is 8. The molecule has 0 aliphatic carbocycles. The normalized spacial score (nSPS) is 10.7. The van der Waals surface area contributed by atoms with E-state index in [1.807, 2.05) is 0 Å². The molecule has 0 heterocycles. The molecule has 0 radical (unpaired) electrons. The number of ether oxygens (including phenoxy) is 1. The van der Waals surface area contributed by atoms with Crippen molar-refractivity contribution in [1.29, 1.82) is 0 Å². The van der Waals surface area contributed by atoms with Crippen LogP contribution in [0, 0.1) is 10.1 Å². The van der Waals surface area contributed by atoms with Crippen LogP contribution in [0.25, 0.3) is 0 Å². The van der Waals surface area contributed by atoms with E-state index in [0.29, 0.717) is 30.2 Å². The quantitative estimate of drug-likeness (QED) is 0.336. The van der Waals surface area contributed by atoms with E-state index in [9.17, 15) is 14.9 Å². The van der Waals surface area contributed by atoms with E-state index in [-0.39, 0.29) is 12.1 Å². The van der Waals surface area contributed by atoms with Crippen LogP contribution in [0.15, 0.2) is 58.8 Å². The van der Waals surface area contributed by atoms with Crippen molar-refractivity contribution in [1.82, 2.24) is 0 Å². The van der Waals surface area contributed by atoms with Gasteiger partial charge in [-0.25, -0.2) is 0 Å². The number of carboxylic acid groups (broad SMARTS) is 1. The molecule has 2 aromatic rings. The van der Waals surface area contributed by atoms with Crippen LogP contribution in [-0.4, -0.2) is 22.6 Å². The number of nitro benzene ring substituents is 1. The monoisotopic (exact) mass is 329 g/mol. The Hall–Kier alpha value is -3.29. The number of azo groups is 1. The van der Waals surface area contributed by atoms with Gasteiger partial charge in [0.2, 0.25) is 0 Å². The predicted molar refractivity (Wildman–Crippen MR) is 86.1 cm³/mol. The third-order valence-corrected chi connectivity index (χ3v) is 2.98. The summed E-state index contributed by atoms with van der Waals surface area (Å²) in [4.78, 5) is 20.5. The average Bonchev–Trinajstić information content (AvgIpc) is 2.58. The highest BCUT2D eigenvalue weighted by molar-refractivity contribution is 5.66. The predicted octanol–water partition coefficient (Wildman–Crippen LogP) is 4.25. The first-order valence-electron chi connectivity index (χ1n) is 7.15. The average molecular weight is 329 g/mol. The first kappa shape index (κ1) is 17.1. The lowest BCUT2D eigenvalue weighted by Crippen LogP contribution is -2.01. The van der Waals surface area contributed by atoms with Gasteiger partial charge in [0.1, 0.15) is 5.75 Å². The van der Waals surface area contributed by atoms with Crippen LogP contribution < -0.4 is 4.74 Å². The van der Waals surface area contributed by atoms with Crippen LogP contribution in [0.4, 0.5) is 17.1 Å². The van der Waals surface area contributed by atoms with Gasteiger partial charge in [0.15, 0.2) is 0 Å². The summed E-state index contributed by atoms with van der Waals surface area (Å²) in [6, 6.07) is 12.6. The molecule has 0 fully saturated rings. The van der Waals surface area contributed by atoms with E-state index in [2.05, 4.69) is 10.2 Å². The summed E-state index contributed by atoms with van der Waals surface area (Å²) in [5.74, 6) is -0.227. The Morgan fingerprint density at radius 1 is 1.04 bits per heavy atom. The van der Waals surface area contributed by atoms with Gasteiger partial charge in [-0.05, 0) is 42.8 Å².